The van der Waals surface area contributed by atoms with E-state index in [1.165, 1.54) is 12.1 Å². The smallest absolute Gasteiger partial charge is 0.339 e. The molecule has 3 aromatic rings. The second-order valence-corrected chi connectivity index (χ2v) is 10.4. The SMILES string of the molecule is CCN(CC)c1ccc(/C(=C/c2ccccc2I)N(C)C)c(OS(=O)(=O)c2ccccc2)c1. The van der Waals surface area contributed by atoms with E-state index in [9.17, 15) is 8.42 Å². The Morgan fingerprint density at radius 1 is 0.939 bits per heavy atom. The molecule has 7 heteroatoms. The van der Waals surface area contributed by atoms with E-state index in [1.54, 1.807) is 18.2 Å². The second-order valence-electron chi connectivity index (χ2n) is 7.65. The predicted molar refractivity (Wildman–Crippen MR) is 145 cm³/mol. The molecule has 0 aromatic heterocycles. The summed E-state index contributed by atoms with van der Waals surface area (Å²) in [6.07, 6.45) is 2.05. The molecule has 0 heterocycles. The largest absolute Gasteiger partial charge is 0.378 e. The Bertz CT molecular complexity index is 1220. The zero-order chi connectivity index (χ0) is 24.0. The van der Waals surface area contributed by atoms with Crippen molar-refractivity contribution in [2.45, 2.75) is 18.7 Å². The van der Waals surface area contributed by atoms with Crippen LogP contribution in [-0.2, 0) is 10.1 Å². The third-order valence-electron chi connectivity index (χ3n) is 5.28. The van der Waals surface area contributed by atoms with E-state index in [2.05, 4.69) is 47.4 Å². The number of hydrogen-bond acceptors (Lipinski definition) is 5. The third kappa shape index (κ3) is 6.09. The maximum atomic E-state index is 13.1. The zero-order valence-electron chi connectivity index (χ0n) is 19.3. The van der Waals surface area contributed by atoms with E-state index < -0.39 is 10.1 Å². The number of halogens is 1. The van der Waals surface area contributed by atoms with Gasteiger partial charge < -0.3 is 14.0 Å². The molecule has 3 aromatic carbocycles. The molecule has 5 nitrogen and oxygen atoms in total. The van der Waals surface area contributed by atoms with E-state index in [1.807, 2.05) is 61.5 Å². The minimum absolute atomic E-state index is 0.122. The van der Waals surface area contributed by atoms with Crippen LogP contribution in [0.25, 0.3) is 11.8 Å². The Morgan fingerprint density at radius 3 is 2.18 bits per heavy atom. The third-order valence-corrected chi connectivity index (χ3v) is 7.51. The van der Waals surface area contributed by atoms with Crippen molar-refractivity contribution in [1.82, 2.24) is 4.90 Å². The molecule has 33 heavy (non-hydrogen) atoms. The molecule has 0 amide bonds. The summed E-state index contributed by atoms with van der Waals surface area (Å²) in [5.74, 6) is 0.300. The van der Waals surface area contributed by atoms with Gasteiger partial charge in [0.25, 0.3) is 0 Å². The fourth-order valence-electron chi connectivity index (χ4n) is 3.52. The fourth-order valence-corrected chi connectivity index (χ4v) is 5.02. The molecule has 3 rings (SSSR count). The highest BCUT2D eigenvalue weighted by atomic mass is 127. The minimum Gasteiger partial charge on any atom is -0.378 e. The van der Waals surface area contributed by atoms with Gasteiger partial charge in [0.05, 0.1) is 0 Å². The summed E-state index contributed by atoms with van der Waals surface area (Å²) in [6.45, 7) is 5.75. The lowest BCUT2D eigenvalue weighted by atomic mass is 10.1. The van der Waals surface area contributed by atoms with Crippen molar-refractivity contribution >= 4 is 50.2 Å². The van der Waals surface area contributed by atoms with Crippen LogP contribution in [0, 0.1) is 3.57 Å². The number of hydrogen-bond donors (Lipinski definition) is 0. The van der Waals surface area contributed by atoms with Crippen molar-refractivity contribution in [2.75, 3.05) is 32.1 Å². The Balaban J connectivity index is 2.18. The van der Waals surface area contributed by atoms with Crippen molar-refractivity contribution < 1.29 is 12.6 Å². The first-order valence-corrected chi connectivity index (χ1v) is 13.3. The molecular weight excluding hydrogens is 547 g/mol. The van der Waals surface area contributed by atoms with Gasteiger partial charge in [0.1, 0.15) is 4.90 Å². The molecule has 0 aliphatic rings. The van der Waals surface area contributed by atoms with Gasteiger partial charge in [-0.3, -0.25) is 0 Å². The summed E-state index contributed by atoms with van der Waals surface area (Å²) >= 11 is 2.30. The van der Waals surface area contributed by atoms with Crippen LogP contribution in [0.5, 0.6) is 5.75 Å². The summed E-state index contributed by atoms with van der Waals surface area (Å²) < 4.78 is 33.1. The highest BCUT2D eigenvalue weighted by Gasteiger charge is 2.22. The van der Waals surface area contributed by atoms with Crippen LogP contribution in [0.4, 0.5) is 5.69 Å². The fraction of sp³-hybridized carbons (Fsp3) is 0.231. The molecule has 0 spiro atoms. The van der Waals surface area contributed by atoms with E-state index >= 15 is 0 Å². The van der Waals surface area contributed by atoms with Crippen LogP contribution in [0.15, 0.2) is 77.7 Å². The van der Waals surface area contributed by atoms with E-state index in [0.29, 0.717) is 11.3 Å². The summed E-state index contributed by atoms with van der Waals surface area (Å²) in [4.78, 5) is 4.25. The second kappa shape index (κ2) is 11.1. The summed E-state index contributed by atoms with van der Waals surface area (Å²) in [5, 5.41) is 0. The van der Waals surface area contributed by atoms with Gasteiger partial charge in [-0.15, -0.1) is 0 Å². The van der Waals surface area contributed by atoms with Gasteiger partial charge >= 0.3 is 10.1 Å². The van der Waals surface area contributed by atoms with Gasteiger partial charge in [0, 0.05) is 53.8 Å². The van der Waals surface area contributed by atoms with Gasteiger partial charge in [-0.05, 0) is 78.4 Å². The lowest BCUT2D eigenvalue weighted by Crippen LogP contribution is -2.22. The Hall–Kier alpha value is -2.52. The molecule has 0 fully saturated rings. The van der Waals surface area contributed by atoms with Crippen LogP contribution >= 0.6 is 22.6 Å². The van der Waals surface area contributed by atoms with Crippen LogP contribution < -0.4 is 9.08 Å². The monoisotopic (exact) mass is 576 g/mol. The minimum atomic E-state index is -4.00. The normalized spacial score (nSPS) is 11.8. The first kappa shape index (κ1) is 25.1. The molecule has 0 radical (unpaired) electrons. The van der Waals surface area contributed by atoms with Gasteiger partial charge in [-0.1, -0.05) is 36.4 Å². The van der Waals surface area contributed by atoms with Crippen molar-refractivity contribution in [3.63, 3.8) is 0 Å². The van der Waals surface area contributed by atoms with E-state index in [0.717, 1.165) is 33.6 Å². The van der Waals surface area contributed by atoms with Crippen molar-refractivity contribution in [3.8, 4) is 5.75 Å². The lowest BCUT2D eigenvalue weighted by Gasteiger charge is -2.25. The molecule has 174 valence electrons. The van der Waals surface area contributed by atoms with Crippen LogP contribution in [0.3, 0.4) is 0 Å². The van der Waals surface area contributed by atoms with Gasteiger partial charge in [-0.2, -0.15) is 8.42 Å². The van der Waals surface area contributed by atoms with Gasteiger partial charge in [-0.25, -0.2) is 0 Å². The highest BCUT2D eigenvalue weighted by Crippen LogP contribution is 2.35. The molecule has 0 saturated heterocycles. The molecular formula is C26H29IN2O3S. The predicted octanol–water partition coefficient (Wildman–Crippen LogP) is 5.96. The average molecular weight is 577 g/mol. The molecule has 0 aliphatic heterocycles. The maximum Gasteiger partial charge on any atom is 0.339 e. The molecule has 0 unspecified atom stereocenters. The number of nitrogens with zero attached hydrogens (tertiary/aromatic N) is 2. The first-order valence-electron chi connectivity index (χ1n) is 10.8. The quantitative estimate of drug-likeness (QED) is 0.179. The maximum absolute atomic E-state index is 13.1. The van der Waals surface area contributed by atoms with Crippen molar-refractivity contribution in [2.24, 2.45) is 0 Å². The Morgan fingerprint density at radius 2 is 1.58 bits per heavy atom. The van der Waals surface area contributed by atoms with Crippen LogP contribution in [0.2, 0.25) is 0 Å². The molecule has 0 atom stereocenters. The van der Waals surface area contributed by atoms with Crippen molar-refractivity contribution in [3.05, 3.63) is 87.5 Å². The van der Waals surface area contributed by atoms with Gasteiger partial charge in [0.15, 0.2) is 5.75 Å². The molecule has 0 bridgehead atoms. The van der Waals surface area contributed by atoms with Crippen molar-refractivity contribution in [1.29, 1.82) is 0 Å². The molecule has 0 aliphatic carbocycles. The van der Waals surface area contributed by atoms with Gasteiger partial charge in [0.2, 0.25) is 0 Å². The number of rotatable bonds is 9. The Kier molecular flexibility index (Phi) is 8.42. The molecule has 0 saturated carbocycles. The van der Waals surface area contributed by atoms with Crippen LogP contribution in [0.1, 0.15) is 25.0 Å². The lowest BCUT2D eigenvalue weighted by molar-refractivity contribution is 0.483. The first-order chi connectivity index (χ1) is 15.8. The van der Waals surface area contributed by atoms with Crippen LogP contribution in [-0.4, -0.2) is 40.5 Å². The number of anilines is 1. The standard InChI is InChI=1S/C26H29IN2O3S/c1-5-29(6-2)21-16-17-23(25(28(3)4)18-20-12-10-11-15-24(20)27)26(19-21)32-33(30,31)22-13-8-7-9-14-22/h7-19H,5-6H2,1-4H3/b25-18-. The molecule has 0 N–H and O–H groups in total. The summed E-state index contributed by atoms with van der Waals surface area (Å²) in [7, 11) is -0.118. The van der Waals surface area contributed by atoms with E-state index in [-0.39, 0.29) is 4.90 Å². The summed E-state index contributed by atoms with van der Waals surface area (Å²) in [5.41, 5.74) is 3.51. The summed E-state index contributed by atoms with van der Waals surface area (Å²) in [6, 6.07) is 22.1. The zero-order valence-corrected chi connectivity index (χ0v) is 22.3. The highest BCUT2D eigenvalue weighted by molar-refractivity contribution is 14.1. The van der Waals surface area contributed by atoms with E-state index in [4.69, 9.17) is 4.18 Å². The number of benzene rings is 3. The average Bonchev–Trinajstić information content (AvgIpc) is 2.80. The topological polar surface area (TPSA) is 49.9 Å². The Labute approximate surface area is 211 Å².